The summed E-state index contributed by atoms with van der Waals surface area (Å²) in [7, 11) is 1.71. The lowest BCUT2D eigenvalue weighted by Crippen LogP contribution is -1.92. The van der Waals surface area contributed by atoms with E-state index in [-0.39, 0.29) is 6.61 Å². The normalized spacial score (nSPS) is 8.40. The van der Waals surface area contributed by atoms with Crippen LogP contribution in [0.5, 0.6) is 0 Å². The zero-order valence-corrected chi connectivity index (χ0v) is 6.57. The Morgan fingerprint density at radius 1 is 1.60 bits per heavy atom. The number of aromatic nitrogens is 3. The number of hydrogen-bond acceptors (Lipinski definition) is 3. The third-order valence-corrected chi connectivity index (χ3v) is 0.809. The molecule has 0 aromatic carbocycles. The summed E-state index contributed by atoms with van der Waals surface area (Å²) < 4.78 is 0. The largest absolute Gasteiger partial charge is 0.390 e. The highest BCUT2D eigenvalue weighted by Gasteiger charge is 1.91. The summed E-state index contributed by atoms with van der Waals surface area (Å²) in [5.41, 5.74) is 0.604. The highest BCUT2D eigenvalue weighted by Crippen LogP contribution is 1.86. The van der Waals surface area contributed by atoms with Crippen molar-refractivity contribution in [3.8, 4) is 0 Å². The van der Waals surface area contributed by atoms with Crippen LogP contribution in [-0.2, 0) is 13.7 Å². The molecule has 58 valence electrons. The minimum absolute atomic E-state index is 0.0339. The summed E-state index contributed by atoms with van der Waals surface area (Å²) in [5, 5.41) is 16.0. The SMILES string of the molecule is CC.Cn1ncc(CO)n1. The monoisotopic (exact) mass is 143 g/mol. The van der Waals surface area contributed by atoms with Crippen molar-refractivity contribution < 1.29 is 5.11 Å². The van der Waals surface area contributed by atoms with Gasteiger partial charge in [0, 0.05) is 7.05 Å². The molecule has 0 amide bonds. The summed E-state index contributed by atoms with van der Waals surface area (Å²) in [6.45, 7) is 3.97. The fraction of sp³-hybridized carbons (Fsp3) is 0.667. The topological polar surface area (TPSA) is 50.9 Å². The van der Waals surface area contributed by atoms with Crippen molar-refractivity contribution in [3.63, 3.8) is 0 Å². The molecule has 1 aromatic rings. The van der Waals surface area contributed by atoms with E-state index in [1.165, 1.54) is 11.0 Å². The van der Waals surface area contributed by atoms with Gasteiger partial charge in [0.15, 0.2) is 0 Å². The minimum Gasteiger partial charge on any atom is -0.390 e. The molecule has 0 aliphatic heterocycles. The Morgan fingerprint density at radius 2 is 2.20 bits per heavy atom. The molecule has 4 nitrogen and oxygen atoms in total. The standard InChI is InChI=1S/C4H7N3O.C2H6/c1-7-5-2-4(3-8)6-7;1-2/h2,8H,3H2,1H3;1-2H3. The highest BCUT2D eigenvalue weighted by molar-refractivity contribution is 4.86. The van der Waals surface area contributed by atoms with E-state index in [0.29, 0.717) is 5.69 Å². The predicted octanol–water partition coefficient (Wildman–Crippen LogP) is 0.334. The Hall–Kier alpha value is -0.900. The van der Waals surface area contributed by atoms with E-state index >= 15 is 0 Å². The van der Waals surface area contributed by atoms with Crippen LogP contribution < -0.4 is 0 Å². The molecule has 0 aliphatic carbocycles. The molecule has 10 heavy (non-hydrogen) atoms. The van der Waals surface area contributed by atoms with Crippen LogP contribution in [0.15, 0.2) is 6.20 Å². The van der Waals surface area contributed by atoms with E-state index in [2.05, 4.69) is 10.2 Å². The first-order chi connectivity index (χ1) is 4.83. The van der Waals surface area contributed by atoms with Gasteiger partial charge >= 0.3 is 0 Å². The summed E-state index contributed by atoms with van der Waals surface area (Å²) in [5.74, 6) is 0. The molecule has 0 aliphatic rings. The van der Waals surface area contributed by atoms with Crippen molar-refractivity contribution in [2.24, 2.45) is 7.05 Å². The minimum atomic E-state index is -0.0339. The molecule has 0 fully saturated rings. The van der Waals surface area contributed by atoms with Crippen molar-refractivity contribution in [2.45, 2.75) is 20.5 Å². The summed E-state index contributed by atoms with van der Waals surface area (Å²) in [4.78, 5) is 1.41. The number of rotatable bonds is 1. The number of hydrogen-bond donors (Lipinski definition) is 1. The molecule has 1 N–H and O–H groups in total. The van der Waals surface area contributed by atoms with Crippen LogP contribution in [0, 0.1) is 0 Å². The van der Waals surface area contributed by atoms with Crippen LogP contribution >= 0.6 is 0 Å². The first-order valence-corrected chi connectivity index (χ1v) is 3.29. The first-order valence-electron chi connectivity index (χ1n) is 3.29. The molecular formula is C6H13N3O. The van der Waals surface area contributed by atoms with Crippen LogP contribution in [0.2, 0.25) is 0 Å². The van der Waals surface area contributed by atoms with Gasteiger partial charge in [-0.2, -0.15) is 15.0 Å². The Kier molecular flexibility index (Phi) is 4.49. The third-order valence-electron chi connectivity index (χ3n) is 0.809. The average Bonchev–Trinajstić information content (AvgIpc) is 2.40. The number of aryl methyl sites for hydroxylation is 1. The maximum atomic E-state index is 8.44. The van der Waals surface area contributed by atoms with Crippen LogP contribution in [0.25, 0.3) is 0 Å². The van der Waals surface area contributed by atoms with Crippen molar-refractivity contribution in [1.29, 1.82) is 0 Å². The molecule has 0 bridgehead atoms. The third kappa shape index (κ3) is 2.59. The molecule has 0 saturated heterocycles. The quantitative estimate of drug-likeness (QED) is 0.616. The zero-order valence-electron chi connectivity index (χ0n) is 6.57. The van der Waals surface area contributed by atoms with Gasteiger partial charge in [0.25, 0.3) is 0 Å². The molecule has 4 heteroatoms. The molecule has 1 rings (SSSR count). The van der Waals surface area contributed by atoms with Gasteiger partial charge in [-0.1, -0.05) is 13.8 Å². The van der Waals surface area contributed by atoms with Gasteiger partial charge in [0.2, 0.25) is 0 Å². The highest BCUT2D eigenvalue weighted by atomic mass is 16.3. The van der Waals surface area contributed by atoms with Gasteiger partial charge in [-0.25, -0.2) is 0 Å². The fourth-order valence-electron chi connectivity index (χ4n) is 0.460. The molecule has 0 saturated carbocycles. The molecular weight excluding hydrogens is 130 g/mol. The van der Waals surface area contributed by atoms with Crippen LogP contribution in [0.3, 0.4) is 0 Å². The van der Waals surface area contributed by atoms with Crippen molar-refractivity contribution >= 4 is 0 Å². The summed E-state index contributed by atoms with van der Waals surface area (Å²) in [6, 6.07) is 0. The lowest BCUT2D eigenvalue weighted by Gasteiger charge is -1.80. The molecule has 0 atom stereocenters. The maximum absolute atomic E-state index is 8.44. The Balaban J connectivity index is 0.000000371. The van der Waals surface area contributed by atoms with Gasteiger partial charge in [0.1, 0.15) is 5.69 Å². The average molecular weight is 143 g/mol. The number of aliphatic hydroxyl groups excluding tert-OH is 1. The van der Waals surface area contributed by atoms with Gasteiger partial charge in [0.05, 0.1) is 12.8 Å². The molecule has 0 radical (unpaired) electrons. The van der Waals surface area contributed by atoms with E-state index in [1.807, 2.05) is 13.8 Å². The fourth-order valence-corrected chi connectivity index (χ4v) is 0.460. The van der Waals surface area contributed by atoms with Gasteiger partial charge in [-0.15, -0.1) is 0 Å². The Labute approximate surface area is 60.5 Å². The van der Waals surface area contributed by atoms with E-state index in [1.54, 1.807) is 7.05 Å². The zero-order chi connectivity index (χ0) is 7.98. The van der Waals surface area contributed by atoms with E-state index in [9.17, 15) is 0 Å². The van der Waals surface area contributed by atoms with Crippen molar-refractivity contribution in [2.75, 3.05) is 0 Å². The van der Waals surface area contributed by atoms with E-state index in [4.69, 9.17) is 5.11 Å². The molecule has 0 unspecified atom stereocenters. The Bertz CT molecular complexity index is 173. The molecule has 1 aromatic heterocycles. The van der Waals surface area contributed by atoms with Crippen LogP contribution in [0.1, 0.15) is 19.5 Å². The van der Waals surface area contributed by atoms with Crippen molar-refractivity contribution in [3.05, 3.63) is 11.9 Å². The predicted molar refractivity (Wildman–Crippen MR) is 38.3 cm³/mol. The van der Waals surface area contributed by atoms with E-state index < -0.39 is 0 Å². The first kappa shape index (κ1) is 9.10. The lowest BCUT2D eigenvalue weighted by atomic mass is 10.5. The van der Waals surface area contributed by atoms with E-state index in [0.717, 1.165) is 0 Å². The van der Waals surface area contributed by atoms with Crippen LogP contribution in [0.4, 0.5) is 0 Å². The maximum Gasteiger partial charge on any atom is 0.108 e. The molecule has 1 heterocycles. The summed E-state index contributed by atoms with van der Waals surface area (Å²) >= 11 is 0. The number of aliphatic hydroxyl groups is 1. The summed E-state index contributed by atoms with van der Waals surface area (Å²) in [6.07, 6.45) is 1.53. The smallest absolute Gasteiger partial charge is 0.108 e. The second-order valence-electron chi connectivity index (χ2n) is 1.48. The Morgan fingerprint density at radius 3 is 2.40 bits per heavy atom. The lowest BCUT2D eigenvalue weighted by molar-refractivity contribution is 0.275. The number of nitrogens with zero attached hydrogens (tertiary/aromatic N) is 3. The molecule has 0 spiro atoms. The van der Waals surface area contributed by atoms with Crippen molar-refractivity contribution in [1.82, 2.24) is 15.0 Å². The van der Waals surface area contributed by atoms with Gasteiger partial charge < -0.3 is 5.11 Å². The van der Waals surface area contributed by atoms with Crippen LogP contribution in [-0.4, -0.2) is 20.1 Å². The van der Waals surface area contributed by atoms with Gasteiger partial charge in [-0.3, -0.25) is 0 Å². The second kappa shape index (κ2) is 4.93. The second-order valence-corrected chi connectivity index (χ2v) is 1.48. The van der Waals surface area contributed by atoms with Gasteiger partial charge in [-0.05, 0) is 0 Å².